The molecular formula is C17H27N3O3S. The van der Waals surface area contributed by atoms with Gasteiger partial charge in [-0.15, -0.1) is 11.8 Å². The van der Waals surface area contributed by atoms with Crippen LogP contribution >= 0.6 is 11.8 Å². The summed E-state index contributed by atoms with van der Waals surface area (Å²) >= 11 is 1.34. The lowest BCUT2D eigenvalue weighted by atomic mass is 10.1. The molecule has 3 amide bonds. The lowest BCUT2D eigenvalue weighted by Gasteiger charge is -2.27. The maximum absolute atomic E-state index is 12.0. The number of hydrogen-bond donors (Lipinski definition) is 2. The topological polar surface area (TPSA) is 78.5 Å². The summed E-state index contributed by atoms with van der Waals surface area (Å²) < 4.78 is 0. The van der Waals surface area contributed by atoms with Crippen LogP contribution in [-0.2, 0) is 14.4 Å². The minimum absolute atomic E-state index is 0.0263. The van der Waals surface area contributed by atoms with Crippen LogP contribution in [0.15, 0.2) is 0 Å². The van der Waals surface area contributed by atoms with Crippen LogP contribution < -0.4 is 10.6 Å². The van der Waals surface area contributed by atoms with Crippen LogP contribution in [0.3, 0.4) is 0 Å². The van der Waals surface area contributed by atoms with Gasteiger partial charge in [0.25, 0.3) is 0 Å². The number of nitrogens with zero attached hydrogens (tertiary/aromatic N) is 1. The Hall–Kier alpha value is -1.24. The summed E-state index contributed by atoms with van der Waals surface area (Å²) in [6.07, 6.45) is 7.69. The Morgan fingerprint density at radius 2 is 1.83 bits per heavy atom. The summed E-state index contributed by atoms with van der Waals surface area (Å²) in [6.45, 7) is 1.11. The molecule has 3 aliphatic rings. The minimum atomic E-state index is -0.0644. The van der Waals surface area contributed by atoms with Crippen molar-refractivity contribution in [2.45, 2.75) is 57.0 Å². The van der Waals surface area contributed by atoms with Crippen molar-refractivity contribution in [3.05, 3.63) is 0 Å². The molecule has 2 bridgehead atoms. The summed E-state index contributed by atoms with van der Waals surface area (Å²) in [5.41, 5.74) is 0. The molecule has 2 aliphatic carbocycles. The molecule has 1 heterocycles. The number of rotatable bonds is 8. The van der Waals surface area contributed by atoms with E-state index in [9.17, 15) is 14.4 Å². The standard InChI is InChI=1S/C17H27N3O3S/c21-15(10-24-11-16(22)19-13-3-1-2-4-13)18-7-8-20-14-6-5-12(9-14)17(20)23/h12-14H,1-11H2,(H,18,21)(H,19,22)/t12-,14+/m0/s1. The maximum Gasteiger partial charge on any atom is 0.230 e. The first-order valence-electron chi connectivity index (χ1n) is 9.08. The molecule has 2 N–H and O–H groups in total. The van der Waals surface area contributed by atoms with Gasteiger partial charge in [0.2, 0.25) is 17.7 Å². The minimum Gasteiger partial charge on any atom is -0.354 e. The fraction of sp³-hybridized carbons (Fsp3) is 0.824. The van der Waals surface area contributed by atoms with E-state index in [0.29, 0.717) is 30.9 Å². The average molecular weight is 353 g/mol. The zero-order valence-electron chi connectivity index (χ0n) is 14.1. The molecule has 2 atom stereocenters. The second kappa shape index (κ2) is 8.23. The van der Waals surface area contributed by atoms with Crippen molar-refractivity contribution in [1.29, 1.82) is 0 Å². The third-order valence-corrected chi connectivity index (χ3v) is 6.27. The smallest absolute Gasteiger partial charge is 0.230 e. The van der Waals surface area contributed by atoms with E-state index < -0.39 is 0 Å². The van der Waals surface area contributed by atoms with E-state index in [1.165, 1.54) is 24.6 Å². The summed E-state index contributed by atoms with van der Waals surface area (Å²) in [6, 6.07) is 0.730. The molecule has 2 saturated carbocycles. The summed E-state index contributed by atoms with van der Waals surface area (Å²) in [5, 5.41) is 5.87. The SMILES string of the molecule is O=C(CSCC(=O)NC1CCCC1)NCCN1C(=O)[C@H]2CC[C@@H]1C2. The van der Waals surface area contributed by atoms with E-state index in [-0.39, 0.29) is 29.4 Å². The summed E-state index contributed by atoms with van der Waals surface area (Å²) in [5.74, 6) is 1.08. The van der Waals surface area contributed by atoms with Crippen LogP contribution in [0.4, 0.5) is 0 Å². The first-order chi connectivity index (χ1) is 11.6. The van der Waals surface area contributed by atoms with E-state index in [1.807, 2.05) is 4.90 Å². The van der Waals surface area contributed by atoms with Crippen molar-refractivity contribution in [3.8, 4) is 0 Å². The largest absolute Gasteiger partial charge is 0.354 e. The van der Waals surface area contributed by atoms with Gasteiger partial charge in [0, 0.05) is 31.1 Å². The molecule has 3 rings (SSSR count). The van der Waals surface area contributed by atoms with Gasteiger partial charge in [-0.3, -0.25) is 14.4 Å². The fourth-order valence-corrected chi connectivity index (χ4v) is 4.77. The second-order valence-corrected chi connectivity index (χ2v) is 8.07. The van der Waals surface area contributed by atoms with Crippen LogP contribution in [0.25, 0.3) is 0 Å². The third-order valence-electron chi connectivity index (χ3n) is 5.34. The molecule has 6 nitrogen and oxygen atoms in total. The number of piperidine rings is 1. The zero-order chi connectivity index (χ0) is 16.9. The van der Waals surface area contributed by atoms with E-state index in [0.717, 1.165) is 32.1 Å². The predicted octanol–water partition coefficient (Wildman–Crippen LogP) is 0.905. The van der Waals surface area contributed by atoms with Crippen molar-refractivity contribution in [1.82, 2.24) is 15.5 Å². The normalized spacial score (nSPS) is 26.2. The lowest BCUT2D eigenvalue weighted by molar-refractivity contribution is -0.134. The zero-order valence-corrected chi connectivity index (χ0v) is 14.9. The predicted molar refractivity (Wildman–Crippen MR) is 93.6 cm³/mol. The van der Waals surface area contributed by atoms with E-state index in [4.69, 9.17) is 0 Å². The van der Waals surface area contributed by atoms with E-state index in [2.05, 4.69) is 10.6 Å². The van der Waals surface area contributed by atoms with Crippen LogP contribution in [0, 0.1) is 5.92 Å². The van der Waals surface area contributed by atoms with Gasteiger partial charge in [-0.25, -0.2) is 0 Å². The monoisotopic (exact) mass is 353 g/mol. The van der Waals surface area contributed by atoms with Crippen LogP contribution in [0.5, 0.6) is 0 Å². The molecule has 1 saturated heterocycles. The van der Waals surface area contributed by atoms with Gasteiger partial charge < -0.3 is 15.5 Å². The number of carbonyl (C=O) groups excluding carboxylic acids is 3. The molecule has 0 spiro atoms. The second-order valence-electron chi connectivity index (χ2n) is 7.09. The first-order valence-corrected chi connectivity index (χ1v) is 10.2. The Morgan fingerprint density at radius 3 is 2.54 bits per heavy atom. The van der Waals surface area contributed by atoms with Crippen LogP contribution in [0.1, 0.15) is 44.9 Å². The summed E-state index contributed by atoms with van der Waals surface area (Å²) in [4.78, 5) is 37.5. The van der Waals surface area contributed by atoms with Gasteiger partial charge in [-0.2, -0.15) is 0 Å². The molecular weight excluding hydrogens is 326 g/mol. The number of fused-ring (bicyclic) bond motifs is 2. The van der Waals surface area contributed by atoms with Gasteiger partial charge in [-0.05, 0) is 32.1 Å². The first kappa shape index (κ1) is 17.6. The number of hydrogen-bond acceptors (Lipinski definition) is 4. The fourth-order valence-electron chi connectivity index (χ4n) is 4.12. The molecule has 0 aromatic carbocycles. The highest BCUT2D eigenvalue weighted by atomic mass is 32.2. The highest BCUT2D eigenvalue weighted by molar-refractivity contribution is 8.00. The van der Waals surface area contributed by atoms with Gasteiger partial charge in [-0.1, -0.05) is 12.8 Å². The molecule has 3 fully saturated rings. The van der Waals surface area contributed by atoms with Gasteiger partial charge in [0.05, 0.1) is 11.5 Å². The third kappa shape index (κ3) is 4.43. The van der Waals surface area contributed by atoms with Crippen molar-refractivity contribution in [2.75, 3.05) is 24.6 Å². The van der Waals surface area contributed by atoms with Gasteiger partial charge >= 0.3 is 0 Å². The maximum atomic E-state index is 12.0. The van der Waals surface area contributed by atoms with Crippen LogP contribution in [-0.4, -0.2) is 59.3 Å². The molecule has 24 heavy (non-hydrogen) atoms. The van der Waals surface area contributed by atoms with E-state index >= 15 is 0 Å². The van der Waals surface area contributed by atoms with Crippen molar-refractivity contribution in [3.63, 3.8) is 0 Å². The quantitative estimate of drug-likeness (QED) is 0.680. The Morgan fingerprint density at radius 1 is 1.08 bits per heavy atom. The Bertz CT molecular complexity index is 493. The van der Waals surface area contributed by atoms with Crippen molar-refractivity contribution >= 4 is 29.5 Å². The Kier molecular flexibility index (Phi) is 6.03. The van der Waals surface area contributed by atoms with Crippen LogP contribution in [0.2, 0.25) is 0 Å². The molecule has 0 radical (unpaired) electrons. The molecule has 134 valence electrons. The number of amides is 3. The van der Waals surface area contributed by atoms with Gasteiger partial charge in [0.1, 0.15) is 0 Å². The molecule has 1 aliphatic heterocycles. The molecule has 0 unspecified atom stereocenters. The van der Waals surface area contributed by atoms with Crippen molar-refractivity contribution in [2.24, 2.45) is 5.92 Å². The van der Waals surface area contributed by atoms with Crippen molar-refractivity contribution < 1.29 is 14.4 Å². The lowest BCUT2D eigenvalue weighted by Crippen LogP contribution is -2.42. The molecule has 0 aromatic rings. The summed E-state index contributed by atoms with van der Waals surface area (Å²) in [7, 11) is 0. The number of carbonyl (C=O) groups is 3. The highest BCUT2D eigenvalue weighted by Crippen LogP contribution is 2.37. The number of nitrogens with one attached hydrogen (secondary N) is 2. The number of likely N-dealkylation sites (tertiary alicyclic amines) is 1. The number of thioether (sulfide) groups is 1. The average Bonchev–Trinajstić information content (AvgIpc) is 3.27. The molecule has 0 aromatic heterocycles. The highest BCUT2D eigenvalue weighted by Gasteiger charge is 2.43. The Balaban J connectivity index is 1.24. The van der Waals surface area contributed by atoms with Gasteiger partial charge in [0.15, 0.2) is 0 Å². The Labute approximate surface area is 147 Å². The molecule has 7 heteroatoms. The van der Waals surface area contributed by atoms with E-state index in [1.54, 1.807) is 0 Å².